The first-order valence-corrected chi connectivity index (χ1v) is 8.43. The second-order valence-corrected chi connectivity index (χ2v) is 6.43. The van der Waals surface area contributed by atoms with E-state index in [1.165, 1.54) is 5.56 Å². The molecule has 0 spiro atoms. The first-order valence-electron chi connectivity index (χ1n) is 8.43. The van der Waals surface area contributed by atoms with Crippen molar-refractivity contribution in [2.45, 2.75) is 37.8 Å². The van der Waals surface area contributed by atoms with E-state index < -0.39 is 0 Å². The van der Waals surface area contributed by atoms with Crippen LogP contribution < -0.4 is 5.32 Å². The Morgan fingerprint density at radius 1 is 1.39 bits per heavy atom. The summed E-state index contributed by atoms with van der Waals surface area (Å²) >= 11 is 0. The van der Waals surface area contributed by atoms with Gasteiger partial charge in [0.15, 0.2) is 0 Å². The van der Waals surface area contributed by atoms with Crippen LogP contribution in [0.2, 0.25) is 0 Å². The van der Waals surface area contributed by atoms with Crippen molar-refractivity contribution in [3.63, 3.8) is 0 Å². The number of carbonyl (C=O) groups is 1. The van der Waals surface area contributed by atoms with Crippen molar-refractivity contribution >= 4 is 12.0 Å². The molecule has 2 saturated heterocycles. The fraction of sp³-hybridized carbons (Fsp3) is 0.474. The number of nitriles is 1. The van der Waals surface area contributed by atoms with Gasteiger partial charge >= 0.3 is 0 Å². The minimum Gasteiger partial charge on any atom is -0.325 e. The number of likely N-dealkylation sites (tertiary alicyclic amines) is 1. The molecule has 1 aromatic carbocycles. The molecule has 2 heterocycles. The van der Waals surface area contributed by atoms with Crippen molar-refractivity contribution in [3.05, 3.63) is 42.0 Å². The standard InChI is InChI=1S/C19H23N3O/c20-13-17-10-5-11-22(17)19(23)18-12-16(14-21-18)9-4-8-15-6-2-1-3-7-15/h1-4,6-8,16-18,21H,5,9-12,14H2/t16-,17-,18-/m0/s1. The largest absolute Gasteiger partial charge is 0.325 e. The SMILES string of the molecule is N#C[C@@H]1CCCN1C(=O)[C@@H]1C[C@H](CC=Cc2ccccc2)CN1. The lowest BCUT2D eigenvalue weighted by atomic mass is 10.0. The Morgan fingerprint density at radius 3 is 3.00 bits per heavy atom. The number of rotatable bonds is 4. The van der Waals surface area contributed by atoms with Gasteiger partial charge in [0.2, 0.25) is 5.91 Å². The monoisotopic (exact) mass is 309 g/mol. The predicted molar refractivity (Wildman–Crippen MR) is 90.3 cm³/mol. The number of carbonyl (C=O) groups excluding carboxylic acids is 1. The maximum atomic E-state index is 12.6. The first kappa shape index (κ1) is 15.8. The number of hydrogen-bond acceptors (Lipinski definition) is 3. The quantitative estimate of drug-likeness (QED) is 0.930. The summed E-state index contributed by atoms with van der Waals surface area (Å²) in [6.45, 7) is 1.61. The lowest BCUT2D eigenvalue weighted by Gasteiger charge is -2.23. The number of nitrogens with zero attached hydrogens (tertiary/aromatic N) is 2. The summed E-state index contributed by atoms with van der Waals surface area (Å²) < 4.78 is 0. The normalized spacial score (nSPS) is 27.4. The van der Waals surface area contributed by atoms with E-state index in [1.807, 2.05) is 18.2 Å². The van der Waals surface area contributed by atoms with Crippen molar-refractivity contribution in [1.82, 2.24) is 10.2 Å². The third-order valence-corrected chi connectivity index (χ3v) is 4.78. The molecule has 3 rings (SSSR count). The van der Waals surface area contributed by atoms with Crippen molar-refractivity contribution in [2.75, 3.05) is 13.1 Å². The Morgan fingerprint density at radius 2 is 2.22 bits per heavy atom. The average molecular weight is 309 g/mol. The zero-order valence-corrected chi connectivity index (χ0v) is 13.3. The topological polar surface area (TPSA) is 56.1 Å². The molecule has 0 unspecified atom stereocenters. The Labute approximate surface area is 137 Å². The molecule has 4 nitrogen and oxygen atoms in total. The molecule has 1 aromatic rings. The van der Waals surface area contributed by atoms with Crippen LogP contribution in [0.1, 0.15) is 31.2 Å². The lowest BCUT2D eigenvalue weighted by Crippen LogP contribution is -2.45. The summed E-state index contributed by atoms with van der Waals surface area (Å²) in [6.07, 6.45) is 7.95. The Kier molecular flexibility index (Phi) is 5.09. The van der Waals surface area contributed by atoms with Crippen LogP contribution in [0, 0.1) is 17.2 Å². The van der Waals surface area contributed by atoms with Crippen LogP contribution in [0.3, 0.4) is 0 Å². The Balaban J connectivity index is 1.50. The number of amides is 1. The molecule has 0 bridgehead atoms. The predicted octanol–water partition coefficient (Wildman–Crippen LogP) is 2.58. The summed E-state index contributed by atoms with van der Waals surface area (Å²) in [7, 11) is 0. The van der Waals surface area contributed by atoms with Gasteiger partial charge in [-0.3, -0.25) is 4.79 Å². The van der Waals surface area contributed by atoms with Gasteiger partial charge in [0, 0.05) is 6.54 Å². The molecule has 0 radical (unpaired) electrons. The lowest BCUT2D eigenvalue weighted by molar-refractivity contribution is -0.133. The molecule has 2 aliphatic rings. The van der Waals surface area contributed by atoms with E-state index in [-0.39, 0.29) is 18.0 Å². The smallest absolute Gasteiger partial charge is 0.240 e. The van der Waals surface area contributed by atoms with Crippen molar-refractivity contribution in [2.24, 2.45) is 5.92 Å². The molecular weight excluding hydrogens is 286 g/mol. The minimum absolute atomic E-state index is 0.112. The third kappa shape index (κ3) is 3.80. The maximum Gasteiger partial charge on any atom is 0.240 e. The second kappa shape index (κ2) is 7.43. The number of benzene rings is 1. The van der Waals surface area contributed by atoms with Gasteiger partial charge in [-0.25, -0.2) is 0 Å². The highest BCUT2D eigenvalue weighted by atomic mass is 16.2. The third-order valence-electron chi connectivity index (χ3n) is 4.78. The van der Waals surface area contributed by atoms with Gasteiger partial charge in [-0.05, 0) is 43.7 Å². The molecule has 0 aliphatic carbocycles. The molecule has 1 N–H and O–H groups in total. The Bertz CT molecular complexity index is 605. The van der Waals surface area contributed by atoms with E-state index >= 15 is 0 Å². The van der Waals surface area contributed by atoms with E-state index in [2.05, 4.69) is 35.7 Å². The van der Waals surface area contributed by atoms with Gasteiger partial charge in [-0.2, -0.15) is 5.26 Å². The van der Waals surface area contributed by atoms with Crippen LogP contribution in [0.25, 0.3) is 6.08 Å². The second-order valence-electron chi connectivity index (χ2n) is 6.43. The summed E-state index contributed by atoms with van der Waals surface area (Å²) in [6, 6.07) is 12.2. The van der Waals surface area contributed by atoms with Crippen LogP contribution in [0.5, 0.6) is 0 Å². The average Bonchev–Trinajstić information content (AvgIpc) is 3.24. The molecule has 0 aromatic heterocycles. The number of hydrogen-bond donors (Lipinski definition) is 1. The van der Waals surface area contributed by atoms with Crippen LogP contribution >= 0.6 is 0 Å². The van der Waals surface area contributed by atoms with E-state index in [0.717, 1.165) is 38.8 Å². The van der Waals surface area contributed by atoms with Gasteiger partial charge in [0.1, 0.15) is 6.04 Å². The van der Waals surface area contributed by atoms with Gasteiger partial charge in [0.05, 0.1) is 12.1 Å². The fourth-order valence-corrected chi connectivity index (χ4v) is 3.50. The van der Waals surface area contributed by atoms with E-state index in [4.69, 9.17) is 5.26 Å². The number of allylic oxidation sites excluding steroid dienone is 1. The molecule has 2 fully saturated rings. The van der Waals surface area contributed by atoms with Crippen LogP contribution in [-0.4, -0.2) is 36.0 Å². The highest BCUT2D eigenvalue weighted by Crippen LogP contribution is 2.24. The molecule has 0 saturated carbocycles. The fourth-order valence-electron chi connectivity index (χ4n) is 3.50. The molecule has 1 amide bonds. The summed E-state index contributed by atoms with van der Waals surface area (Å²) in [4.78, 5) is 14.3. The number of nitrogens with one attached hydrogen (secondary N) is 1. The van der Waals surface area contributed by atoms with Crippen molar-refractivity contribution < 1.29 is 4.79 Å². The molecule has 23 heavy (non-hydrogen) atoms. The molecular formula is C19H23N3O. The van der Waals surface area contributed by atoms with Crippen LogP contribution in [0.4, 0.5) is 0 Å². The highest BCUT2D eigenvalue weighted by Gasteiger charge is 2.36. The maximum absolute atomic E-state index is 12.6. The molecule has 3 atom stereocenters. The minimum atomic E-state index is -0.221. The first-order chi connectivity index (χ1) is 11.3. The summed E-state index contributed by atoms with van der Waals surface area (Å²) in [5, 5.41) is 12.5. The van der Waals surface area contributed by atoms with Crippen molar-refractivity contribution in [3.8, 4) is 6.07 Å². The van der Waals surface area contributed by atoms with E-state index in [9.17, 15) is 4.79 Å². The molecule has 2 aliphatic heterocycles. The zero-order chi connectivity index (χ0) is 16.1. The van der Waals surface area contributed by atoms with Crippen molar-refractivity contribution in [1.29, 1.82) is 5.26 Å². The summed E-state index contributed by atoms with van der Waals surface area (Å²) in [5.41, 5.74) is 1.21. The summed E-state index contributed by atoms with van der Waals surface area (Å²) in [5.74, 6) is 0.607. The molecule has 120 valence electrons. The van der Waals surface area contributed by atoms with Gasteiger partial charge in [0.25, 0.3) is 0 Å². The zero-order valence-electron chi connectivity index (χ0n) is 13.3. The van der Waals surface area contributed by atoms with Crippen LogP contribution in [-0.2, 0) is 4.79 Å². The van der Waals surface area contributed by atoms with E-state index in [1.54, 1.807) is 4.90 Å². The van der Waals surface area contributed by atoms with Gasteiger partial charge in [-0.15, -0.1) is 0 Å². The van der Waals surface area contributed by atoms with Crippen LogP contribution in [0.15, 0.2) is 36.4 Å². The van der Waals surface area contributed by atoms with Gasteiger partial charge in [-0.1, -0.05) is 42.5 Å². The van der Waals surface area contributed by atoms with E-state index in [0.29, 0.717) is 5.92 Å². The highest BCUT2D eigenvalue weighted by molar-refractivity contribution is 5.83. The molecule has 4 heteroatoms. The van der Waals surface area contributed by atoms with Gasteiger partial charge < -0.3 is 10.2 Å². The Hall–Kier alpha value is -2.12.